The minimum Gasteiger partial charge on any atom is -0.355 e. The molecule has 0 saturated heterocycles. The lowest BCUT2D eigenvalue weighted by molar-refractivity contribution is 0.101. The van der Waals surface area contributed by atoms with Crippen LogP contribution in [0.2, 0.25) is 0 Å². The zero-order chi connectivity index (χ0) is 18.6. The predicted octanol–water partition coefficient (Wildman–Crippen LogP) is 4.15. The summed E-state index contributed by atoms with van der Waals surface area (Å²) in [6.07, 6.45) is 0. The summed E-state index contributed by atoms with van der Waals surface area (Å²) in [6.45, 7) is 2.46. The maximum atomic E-state index is 12.6. The van der Waals surface area contributed by atoms with Crippen LogP contribution in [0.4, 0.5) is 5.82 Å². The zero-order valence-electron chi connectivity index (χ0n) is 14.8. The van der Waals surface area contributed by atoms with Gasteiger partial charge in [0.05, 0.1) is 12.2 Å². The normalized spacial score (nSPS) is 10.7. The molecule has 0 atom stereocenters. The van der Waals surface area contributed by atoms with Crippen LogP contribution >= 0.6 is 0 Å². The highest BCUT2D eigenvalue weighted by Crippen LogP contribution is 2.21. The standard InChI is InChI=1S/C21H18N4O2/c1-15-12-20(25(23-15)14-16-8-4-2-5-9-16)22-21(26)18-13-19(27-24-18)17-10-6-3-7-11-17/h2-13H,14H2,1H3,(H,22,26). The lowest BCUT2D eigenvalue weighted by Gasteiger charge is -2.08. The molecule has 0 aliphatic carbocycles. The number of hydrogen-bond donors (Lipinski definition) is 1. The first-order chi connectivity index (χ1) is 13.2. The zero-order valence-corrected chi connectivity index (χ0v) is 14.8. The number of rotatable bonds is 5. The molecule has 2 heterocycles. The molecule has 134 valence electrons. The van der Waals surface area contributed by atoms with Crippen LogP contribution in [0.5, 0.6) is 0 Å². The van der Waals surface area contributed by atoms with Crippen molar-refractivity contribution < 1.29 is 9.32 Å². The molecule has 0 spiro atoms. The van der Waals surface area contributed by atoms with Gasteiger partial charge >= 0.3 is 0 Å². The monoisotopic (exact) mass is 358 g/mol. The number of anilines is 1. The van der Waals surface area contributed by atoms with Crippen LogP contribution in [-0.2, 0) is 6.54 Å². The van der Waals surface area contributed by atoms with Gasteiger partial charge in [-0.25, -0.2) is 4.68 Å². The van der Waals surface area contributed by atoms with Crippen molar-refractivity contribution in [2.75, 3.05) is 5.32 Å². The van der Waals surface area contributed by atoms with Gasteiger partial charge in [0, 0.05) is 17.7 Å². The Morgan fingerprint density at radius 3 is 2.48 bits per heavy atom. The maximum absolute atomic E-state index is 12.6. The van der Waals surface area contributed by atoms with Crippen LogP contribution in [0.1, 0.15) is 21.7 Å². The van der Waals surface area contributed by atoms with Crippen molar-refractivity contribution in [1.29, 1.82) is 0 Å². The molecule has 4 aromatic rings. The first-order valence-electron chi connectivity index (χ1n) is 8.61. The molecule has 0 aliphatic heterocycles. The molecule has 0 aliphatic rings. The van der Waals surface area contributed by atoms with E-state index in [4.69, 9.17) is 4.52 Å². The highest BCUT2D eigenvalue weighted by molar-refractivity contribution is 6.02. The number of nitrogens with one attached hydrogen (secondary N) is 1. The SMILES string of the molecule is Cc1cc(NC(=O)c2cc(-c3ccccc3)on2)n(Cc2ccccc2)n1. The summed E-state index contributed by atoms with van der Waals surface area (Å²) in [6, 6.07) is 23.0. The highest BCUT2D eigenvalue weighted by atomic mass is 16.5. The van der Waals surface area contributed by atoms with E-state index in [-0.39, 0.29) is 11.6 Å². The Morgan fingerprint density at radius 1 is 1.04 bits per heavy atom. The van der Waals surface area contributed by atoms with Gasteiger partial charge in [0.1, 0.15) is 5.82 Å². The molecular formula is C21H18N4O2. The van der Waals surface area contributed by atoms with E-state index >= 15 is 0 Å². The highest BCUT2D eigenvalue weighted by Gasteiger charge is 2.16. The summed E-state index contributed by atoms with van der Waals surface area (Å²) >= 11 is 0. The molecule has 2 aromatic carbocycles. The van der Waals surface area contributed by atoms with Gasteiger partial charge in [-0.3, -0.25) is 4.79 Å². The average molecular weight is 358 g/mol. The number of aryl methyl sites for hydroxylation is 1. The second-order valence-electron chi connectivity index (χ2n) is 6.21. The van der Waals surface area contributed by atoms with Gasteiger partial charge in [-0.2, -0.15) is 5.10 Å². The van der Waals surface area contributed by atoms with Crippen molar-refractivity contribution in [3.8, 4) is 11.3 Å². The molecule has 27 heavy (non-hydrogen) atoms. The van der Waals surface area contributed by atoms with Gasteiger partial charge < -0.3 is 9.84 Å². The number of carbonyl (C=O) groups excluding carboxylic acids is 1. The molecular weight excluding hydrogens is 340 g/mol. The molecule has 0 bridgehead atoms. The summed E-state index contributed by atoms with van der Waals surface area (Å²) in [5.74, 6) is 0.829. The van der Waals surface area contributed by atoms with E-state index in [0.29, 0.717) is 18.1 Å². The van der Waals surface area contributed by atoms with Crippen molar-refractivity contribution in [1.82, 2.24) is 14.9 Å². The first kappa shape index (κ1) is 16.8. The van der Waals surface area contributed by atoms with E-state index in [0.717, 1.165) is 16.8 Å². The van der Waals surface area contributed by atoms with Crippen molar-refractivity contribution in [2.24, 2.45) is 0 Å². The van der Waals surface area contributed by atoms with E-state index in [1.807, 2.05) is 73.7 Å². The van der Waals surface area contributed by atoms with E-state index < -0.39 is 0 Å². The fourth-order valence-corrected chi connectivity index (χ4v) is 2.82. The molecule has 6 nitrogen and oxygen atoms in total. The lowest BCUT2D eigenvalue weighted by atomic mass is 10.1. The Bertz CT molecular complexity index is 1050. The summed E-state index contributed by atoms with van der Waals surface area (Å²) in [4.78, 5) is 12.6. The van der Waals surface area contributed by atoms with E-state index in [2.05, 4.69) is 15.6 Å². The van der Waals surface area contributed by atoms with Gasteiger partial charge in [-0.05, 0) is 12.5 Å². The van der Waals surface area contributed by atoms with E-state index in [1.54, 1.807) is 10.7 Å². The Hall–Kier alpha value is -3.67. The van der Waals surface area contributed by atoms with Gasteiger partial charge in [0.15, 0.2) is 11.5 Å². The number of carbonyl (C=O) groups is 1. The van der Waals surface area contributed by atoms with Gasteiger partial charge in [-0.15, -0.1) is 0 Å². The summed E-state index contributed by atoms with van der Waals surface area (Å²) in [7, 11) is 0. The molecule has 4 rings (SSSR count). The summed E-state index contributed by atoms with van der Waals surface area (Å²) < 4.78 is 7.07. The number of aromatic nitrogens is 3. The molecule has 2 aromatic heterocycles. The van der Waals surface area contributed by atoms with Crippen molar-refractivity contribution in [2.45, 2.75) is 13.5 Å². The summed E-state index contributed by atoms with van der Waals surface area (Å²) in [5.41, 5.74) is 3.02. The minimum atomic E-state index is -0.338. The Balaban J connectivity index is 1.53. The van der Waals surface area contributed by atoms with Crippen molar-refractivity contribution in [3.05, 3.63) is 89.7 Å². The second-order valence-corrected chi connectivity index (χ2v) is 6.21. The number of nitrogens with zero attached hydrogens (tertiary/aromatic N) is 3. The lowest BCUT2D eigenvalue weighted by Crippen LogP contribution is -2.16. The predicted molar refractivity (Wildman–Crippen MR) is 102 cm³/mol. The smallest absolute Gasteiger partial charge is 0.279 e. The molecule has 0 unspecified atom stereocenters. The van der Waals surface area contributed by atoms with Crippen LogP contribution in [0.3, 0.4) is 0 Å². The van der Waals surface area contributed by atoms with Crippen LogP contribution < -0.4 is 5.32 Å². The number of hydrogen-bond acceptors (Lipinski definition) is 4. The van der Waals surface area contributed by atoms with Gasteiger partial charge in [-0.1, -0.05) is 65.8 Å². The fourth-order valence-electron chi connectivity index (χ4n) is 2.82. The number of amides is 1. The Labute approximate surface area is 156 Å². The largest absolute Gasteiger partial charge is 0.355 e. The van der Waals surface area contributed by atoms with E-state index in [1.165, 1.54) is 0 Å². The first-order valence-corrected chi connectivity index (χ1v) is 8.61. The third-order valence-electron chi connectivity index (χ3n) is 4.12. The number of benzene rings is 2. The fraction of sp³-hybridized carbons (Fsp3) is 0.0952. The van der Waals surface area contributed by atoms with Crippen LogP contribution in [0, 0.1) is 6.92 Å². The molecule has 1 amide bonds. The topological polar surface area (TPSA) is 73.0 Å². The summed E-state index contributed by atoms with van der Waals surface area (Å²) in [5, 5.41) is 11.2. The van der Waals surface area contributed by atoms with Crippen LogP contribution in [-0.4, -0.2) is 20.8 Å². The van der Waals surface area contributed by atoms with Crippen LogP contribution in [0.25, 0.3) is 11.3 Å². The Morgan fingerprint density at radius 2 is 1.74 bits per heavy atom. The van der Waals surface area contributed by atoms with E-state index in [9.17, 15) is 4.79 Å². The third kappa shape index (κ3) is 3.79. The van der Waals surface area contributed by atoms with Crippen molar-refractivity contribution in [3.63, 3.8) is 0 Å². The van der Waals surface area contributed by atoms with Crippen LogP contribution in [0.15, 0.2) is 77.3 Å². The molecule has 1 N–H and O–H groups in total. The average Bonchev–Trinajstić information content (AvgIpc) is 3.31. The molecule has 0 saturated carbocycles. The molecule has 0 radical (unpaired) electrons. The third-order valence-corrected chi connectivity index (χ3v) is 4.12. The second kappa shape index (κ2) is 7.29. The van der Waals surface area contributed by atoms with Gasteiger partial charge in [0.25, 0.3) is 5.91 Å². The molecule has 6 heteroatoms. The molecule has 0 fully saturated rings. The Kier molecular flexibility index (Phi) is 4.53. The minimum absolute atomic E-state index is 0.221. The maximum Gasteiger partial charge on any atom is 0.279 e. The van der Waals surface area contributed by atoms with Gasteiger partial charge in [0.2, 0.25) is 0 Å². The quantitative estimate of drug-likeness (QED) is 0.582. The van der Waals surface area contributed by atoms with Crippen molar-refractivity contribution >= 4 is 11.7 Å².